The monoisotopic (exact) mass is 225 g/mol. The van der Waals surface area contributed by atoms with Crippen LogP contribution in [0.15, 0.2) is 30.5 Å². The maximum absolute atomic E-state index is 12.5. The number of hydrogen-bond acceptors (Lipinski definition) is 1. The van der Waals surface area contributed by atoms with Crippen molar-refractivity contribution in [3.63, 3.8) is 0 Å². The van der Waals surface area contributed by atoms with Crippen LogP contribution in [0.2, 0.25) is 0 Å². The molecule has 0 N–H and O–H groups in total. The van der Waals surface area contributed by atoms with E-state index >= 15 is 0 Å². The van der Waals surface area contributed by atoms with Crippen molar-refractivity contribution in [1.82, 2.24) is 9.55 Å². The van der Waals surface area contributed by atoms with Gasteiger partial charge in [-0.15, -0.1) is 0 Å². The molecular weight excluding hydrogens is 217 g/mol. The molecule has 83 valence electrons. The number of nitrogens with zero attached hydrogens (tertiary/aromatic N) is 2. The van der Waals surface area contributed by atoms with Gasteiger partial charge in [0.25, 0.3) is 0 Å². The average Bonchev–Trinajstić information content (AvgIpc) is 2.63. The molecule has 0 unspecified atom stereocenters. The molecule has 1 radical (unpaired) electrons. The Labute approximate surface area is 90.4 Å². The van der Waals surface area contributed by atoms with Crippen molar-refractivity contribution in [2.24, 2.45) is 0 Å². The first kappa shape index (κ1) is 10.7. The van der Waals surface area contributed by atoms with Crippen molar-refractivity contribution in [2.75, 3.05) is 0 Å². The SMILES string of the molecule is Cc1n[c]cn1-c1cccc(C(F)(F)F)c1. The number of hydrogen-bond donors (Lipinski definition) is 0. The van der Waals surface area contributed by atoms with E-state index in [1.165, 1.54) is 12.3 Å². The fourth-order valence-corrected chi connectivity index (χ4v) is 1.42. The van der Waals surface area contributed by atoms with Gasteiger partial charge < -0.3 is 4.57 Å². The molecule has 0 amide bonds. The van der Waals surface area contributed by atoms with Crippen LogP contribution in [0.3, 0.4) is 0 Å². The third kappa shape index (κ3) is 1.93. The highest BCUT2D eigenvalue weighted by Crippen LogP contribution is 2.30. The first-order valence-electron chi connectivity index (χ1n) is 4.58. The highest BCUT2D eigenvalue weighted by molar-refractivity contribution is 5.37. The van der Waals surface area contributed by atoms with E-state index in [-0.39, 0.29) is 0 Å². The average molecular weight is 225 g/mol. The molecule has 2 aromatic rings. The fourth-order valence-electron chi connectivity index (χ4n) is 1.42. The highest BCUT2D eigenvalue weighted by Gasteiger charge is 2.30. The van der Waals surface area contributed by atoms with Crippen molar-refractivity contribution < 1.29 is 13.2 Å². The van der Waals surface area contributed by atoms with E-state index in [9.17, 15) is 13.2 Å². The molecule has 0 atom stereocenters. The van der Waals surface area contributed by atoms with Crippen LogP contribution >= 0.6 is 0 Å². The predicted octanol–water partition coefficient (Wildman–Crippen LogP) is 3.00. The Morgan fingerprint density at radius 2 is 2.06 bits per heavy atom. The van der Waals surface area contributed by atoms with Crippen LogP contribution in [0.5, 0.6) is 0 Å². The minimum Gasteiger partial charge on any atom is -0.303 e. The molecule has 1 heterocycles. The van der Waals surface area contributed by atoms with Gasteiger partial charge in [-0.05, 0) is 25.1 Å². The lowest BCUT2D eigenvalue weighted by Gasteiger charge is -2.10. The fraction of sp³-hybridized carbons (Fsp3) is 0.182. The van der Waals surface area contributed by atoms with E-state index in [1.54, 1.807) is 17.6 Å². The van der Waals surface area contributed by atoms with Crippen molar-refractivity contribution in [3.05, 3.63) is 48.0 Å². The van der Waals surface area contributed by atoms with Gasteiger partial charge in [0.05, 0.1) is 5.56 Å². The molecule has 5 heteroatoms. The summed E-state index contributed by atoms with van der Waals surface area (Å²) >= 11 is 0. The molecule has 2 nitrogen and oxygen atoms in total. The lowest BCUT2D eigenvalue weighted by atomic mass is 10.2. The van der Waals surface area contributed by atoms with E-state index in [1.807, 2.05) is 0 Å². The van der Waals surface area contributed by atoms with Gasteiger partial charge in [0, 0.05) is 11.9 Å². The molecule has 0 spiro atoms. The Hall–Kier alpha value is -1.78. The number of alkyl halides is 3. The Morgan fingerprint density at radius 3 is 2.62 bits per heavy atom. The van der Waals surface area contributed by atoms with Gasteiger partial charge in [0.2, 0.25) is 0 Å². The van der Waals surface area contributed by atoms with E-state index in [0.717, 1.165) is 12.1 Å². The number of aryl methyl sites for hydroxylation is 1. The number of benzene rings is 1. The molecule has 1 aromatic carbocycles. The zero-order chi connectivity index (χ0) is 11.8. The lowest BCUT2D eigenvalue weighted by molar-refractivity contribution is -0.137. The summed E-state index contributed by atoms with van der Waals surface area (Å²) in [5.41, 5.74) is -0.237. The van der Waals surface area contributed by atoms with Crippen molar-refractivity contribution in [3.8, 4) is 5.69 Å². The van der Waals surface area contributed by atoms with Crippen LogP contribution in [-0.2, 0) is 6.18 Å². The van der Waals surface area contributed by atoms with Gasteiger partial charge >= 0.3 is 6.18 Å². The largest absolute Gasteiger partial charge is 0.416 e. The second-order valence-corrected chi connectivity index (χ2v) is 3.34. The zero-order valence-corrected chi connectivity index (χ0v) is 8.42. The highest BCUT2D eigenvalue weighted by atomic mass is 19.4. The third-order valence-corrected chi connectivity index (χ3v) is 2.21. The van der Waals surface area contributed by atoms with E-state index in [4.69, 9.17) is 0 Å². The summed E-state index contributed by atoms with van der Waals surface area (Å²) in [5, 5.41) is 0. The molecule has 0 saturated heterocycles. The van der Waals surface area contributed by atoms with Crippen LogP contribution in [0.4, 0.5) is 13.2 Å². The standard InChI is InChI=1S/C11H8F3N2/c1-8-15-5-6-16(8)10-4-2-3-9(7-10)11(12,13)14/h2-4,6-7H,1H3. The second-order valence-electron chi connectivity index (χ2n) is 3.34. The maximum atomic E-state index is 12.5. The summed E-state index contributed by atoms with van der Waals surface area (Å²) in [5.74, 6) is 0.597. The van der Waals surface area contributed by atoms with Crippen molar-refractivity contribution in [2.45, 2.75) is 13.1 Å². The maximum Gasteiger partial charge on any atom is 0.416 e. The number of imidazole rings is 1. The smallest absolute Gasteiger partial charge is 0.303 e. The number of halogens is 3. The quantitative estimate of drug-likeness (QED) is 0.729. The summed E-state index contributed by atoms with van der Waals surface area (Å²) in [4.78, 5) is 3.84. The van der Waals surface area contributed by atoms with Gasteiger partial charge in [-0.3, -0.25) is 0 Å². The minimum atomic E-state index is -4.33. The minimum absolute atomic E-state index is 0.432. The van der Waals surface area contributed by atoms with Crippen LogP contribution in [-0.4, -0.2) is 9.55 Å². The summed E-state index contributed by atoms with van der Waals surface area (Å²) in [6, 6.07) is 5.09. The summed E-state index contributed by atoms with van der Waals surface area (Å²) < 4.78 is 39.0. The predicted molar refractivity (Wildman–Crippen MR) is 52.1 cm³/mol. The number of rotatable bonds is 1. The zero-order valence-electron chi connectivity index (χ0n) is 8.42. The lowest BCUT2D eigenvalue weighted by Crippen LogP contribution is -2.06. The van der Waals surface area contributed by atoms with E-state index in [2.05, 4.69) is 11.2 Å². The Morgan fingerprint density at radius 1 is 1.31 bits per heavy atom. The van der Waals surface area contributed by atoms with Crippen molar-refractivity contribution in [1.29, 1.82) is 0 Å². The van der Waals surface area contributed by atoms with Gasteiger partial charge in [0.15, 0.2) is 0 Å². The van der Waals surface area contributed by atoms with Crippen LogP contribution < -0.4 is 0 Å². The molecule has 0 aliphatic carbocycles. The normalized spacial score (nSPS) is 11.8. The van der Waals surface area contributed by atoms with Crippen LogP contribution in [0, 0.1) is 13.1 Å². The Bertz CT molecular complexity index is 500. The van der Waals surface area contributed by atoms with Crippen LogP contribution in [0.25, 0.3) is 5.69 Å². The molecule has 1 aromatic heterocycles. The molecule has 0 aliphatic rings. The van der Waals surface area contributed by atoms with E-state index in [0.29, 0.717) is 11.5 Å². The molecular formula is C11H8F3N2. The molecule has 0 aliphatic heterocycles. The van der Waals surface area contributed by atoms with Gasteiger partial charge in [-0.25, -0.2) is 4.98 Å². The van der Waals surface area contributed by atoms with Crippen molar-refractivity contribution >= 4 is 0 Å². The second kappa shape index (κ2) is 3.66. The van der Waals surface area contributed by atoms with Crippen LogP contribution in [0.1, 0.15) is 11.4 Å². The molecule has 16 heavy (non-hydrogen) atoms. The third-order valence-electron chi connectivity index (χ3n) is 2.21. The summed E-state index contributed by atoms with van der Waals surface area (Å²) in [7, 11) is 0. The van der Waals surface area contributed by atoms with Gasteiger partial charge in [-0.1, -0.05) is 6.07 Å². The van der Waals surface area contributed by atoms with E-state index < -0.39 is 11.7 Å². The topological polar surface area (TPSA) is 17.8 Å². The first-order valence-corrected chi connectivity index (χ1v) is 4.58. The molecule has 2 rings (SSSR count). The molecule has 0 saturated carbocycles. The van der Waals surface area contributed by atoms with Gasteiger partial charge in [0.1, 0.15) is 12.0 Å². The summed E-state index contributed by atoms with van der Waals surface area (Å²) in [6.45, 7) is 1.71. The Kier molecular flexibility index (Phi) is 2.46. The Balaban J connectivity index is 2.49. The number of aromatic nitrogens is 2. The first-order chi connectivity index (χ1) is 7.48. The molecule has 0 bridgehead atoms. The molecule has 0 fully saturated rings. The van der Waals surface area contributed by atoms with Gasteiger partial charge in [-0.2, -0.15) is 13.2 Å². The summed E-state index contributed by atoms with van der Waals surface area (Å²) in [6.07, 6.45) is -0.234.